The van der Waals surface area contributed by atoms with Crippen LogP contribution in [0.1, 0.15) is 48.3 Å². The molecule has 1 atom stereocenters. The minimum absolute atomic E-state index is 0.140. The van der Waals surface area contributed by atoms with Crippen molar-refractivity contribution in [3.63, 3.8) is 0 Å². The van der Waals surface area contributed by atoms with Gasteiger partial charge in [0.1, 0.15) is 6.61 Å². The monoisotopic (exact) mass is 490 g/mol. The summed E-state index contributed by atoms with van der Waals surface area (Å²) in [7, 11) is 0. The lowest BCUT2D eigenvalue weighted by molar-refractivity contribution is -0.137. The molecule has 1 amide bonds. The van der Waals surface area contributed by atoms with E-state index >= 15 is 0 Å². The third kappa shape index (κ3) is 6.98. The van der Waals surface area contributed by atoms with E-state index in [2.05, 4.69) is 4.90 Å². The first kappa shape index (κ1) is 25.5. The Balaban J connectivity index is 1.16. The maximum Gasteiger partial charge on any atom is 0.416 e. The molecule has 0 aromatic heterocycles. The smallest absolute Gasteiger partial charge is 0.416 e. The van der Waals surface area contributed by atoms with E-state index in [9.17, 15) is 23.1 Å². The maximum atomic E-state index is 12.8. The number of amides is 1. The summed E-state index contributed by atoms with van der Waals surface area (Å²) in [5, 5.41) is 10.8. The van der Waals surface area contributed by atoms with Gasteiger partial charge in [0.2, 0.25) is 0 Å². The van der Waals surface area contributed by atoms with E-state index in [0.717, 1.165) is 62.0 Å². The van der Waals surface area contributed by atoms with E-state index in [1.165, 1.54) is 0 Å². The molecule has 0 bridgehead atoms. The van der Waals surface area contributed by atoms with Gasteiger partial charge < -0.3 is 19.6 Å². The molecule has 2 heterocycles. The summed E-state index contributed by atoms with van der Waals surface area (Å²) in [6.07, 6.45) is -1.87. The highest BCUT2D eigenvalue weighted by molar-refractivity contribution is 5.67. The molecule has 1 N–H and O–H groups in total. The predicted molar refractivity (Wildman–Crippen MR) is 127 cm³/mol. The van der Waals surface area contributed by atoms with Gasteiger partial charge >= 0.3 is 12.3 Å². The van der Waals surface area contributed by atoms with Crippen LogP contribution in [-0.2, 0) is 17.5 Å². The number of benzene rings is 2. The lowest BCUT2D eigenvalue weighted by Crippen LogP contribution is -2.45. The van der Waals surface area contributed by atoms with Gasteiger partial charge in [-0.15, -0.1) is 0 Å². The number of piperidine rings is 2. The number of carbonyl (C=O) groups excluding carboxylic acids is 1. The fourth-order valence-electron chi connectivity index (χ4n) is 5.08. The number of hydrogen-bond donors (Lipinski definition) is 1. The third-order valence-electron chi connectivity index (χ3n) is 7.29. The van der Waals surface area contributed by atoms with Crippen LogP contribution < -0.4 is 0 Å². The summed E-state index contributed by atoms with van der Waals surface area (Å²) in [5.41, 5.74) is 1.29. The second-order valence-electron chi connectivity index (χ2n) is 9.63. The zero-order valence-electron chi connectivity index (χ0n) is 19.8. The summed E-state index contributed by atoms with van der Waals surface area (Å²) in [5.74, 6) is 0.386. The minimum Gasteiger partial charge on any atom is -0.445 e. The second-order valence-corrected chi connectivity index (χ2v) is 9.63. The van der Waals surface area contributed by atoms with Gasteiger partial charge in [0.05, 0.1) is 11.7 Å². The van der Waals surface area contributed by atoms with Crippen molar-refractivity contribution in [3.8, 4) is 0 Å². The Labute approximate surface area is 204 Å². The number of halogens is 3. The molecule has 0 aliphatic carbocycles. The summed E-state index contributed by atoms with van der Waals surface area (Å²) >= 11 is 0. The van der Waals surface area contributed by atoms with E-state index in [0.29, 0.717) is 19.6 Å². The number of β-amino-alcohol motifs (C(OH)–C–C–N with tert-alkyl or cyclic N) is 1. The Kier molecular flexibility index (Phi) is 8.34. The Bertz CT molecular complexity index is 936. The molecule has 2 aromatic rings. The molecular weight excluding hydrogens is 457 g/mol. The number of ether oxygens (including phenoxy) is 1. The number of hydrogen-bond acceptors (Lipinski definition) is 4. The van der Waals surface area contributed by atoms with Crippen LogP contribution in [-0.4, -0.2) is 59.8 Å². The highest BCUT2D eigenvalue weighted by Gasteiger charge is 2.32. The lowest BCUT2D eigenvalue weighted by Gasteiger charge is -2.37. The number of nitrogens with zero attached hydrogens (tertiary/aromatic N) is 2. The van der Waals surface area contributed by atoms with Crippen LogP contribution >= 0.6 is 0 Å². The molecule has 5 nitrogen and oxygen atoms in total. The summed E-state index contributed by atoms with van der Waals surface area (Å²) in [6.45, 7) is 3.62. The van der Waals surface area contributed by atoms with Crippen molar-refractivity contribution in [2.75, 3.05) is 32.7 Å². The van der Waals surface area contributed by atoms with Crippen LogP contribution in [0.15, 0.2) is 54.6 Å². The van der Waals surface area contributed by atoms with Crippen LogP contribution in [0.4, 0.5) is 18.0 Å². The minimum atomic E-state index is -4.31. The van der Waals surface area contributed by atoms with Crippen LogP contribution in [0.3, 0.4) is 0 Å². The van der Waals surface area contributed by atoms with Crippen molar-refractivity contribution in [2.45, 2.75) is 50.5 Å². The van der Waals surface area contributed by atoms with Gasteiger partial charge in [-0.2, -0.15) is 13.2 Å². The van der Waals surface area contributed by atoms with Crippen molar-refractivity contribution >= 4 is 6.09 Å². The summed E-state index contributed by atoms with van der Waals surface area (Å²) in [4.78, 5) is 16.3. The Morgan fingerprint density at radius 3 is 2.17 bits per heavy atom. The highest BCUT2D eigenvalue weighted by atomic mass is 19.4. The molecule has 2 fully saturated rings. The predicted octanol–water partition coefficient (Wildman–Crippen LogP) is 5.29. The van der Waals surface area contributed by atoms with Gasteiger partial charge in [-0.25, -0.2) is 4.79 Å². The van der Waals surface area contributed by atoms with Crippen LogP contribution in [0, 0.1) is 5.92 Å². The highest BCUT2D eigenvalue weighted by Crippen LogP contribution is 2.33. The standard InChI is InChI=1S/C27H33F3N2O3/c28-27(29,30)24-8-6-21(7-9-24)22-10-14-31(15-11-22)18-25(33)23-12-16-32(17-13-23)26(34)35-19-20-4-2-1-3-5-20/h1-9,22-23,25,33H,10-19H2. The van der Waals surface area contributed by atoms with Crippen molar-refractivity contribution < 1.29 is 27.8 Å². The Hall–Kier alpha value is -2.58. The topological polar surface area (TPSA) is 53.0 Å². The van der Waals surface area contributed by atoms with Crippen LogP contribution in [0.2, 0.25) is 0 Å². The molecular formula is C27H33F3N2O3. The first-order chi connectivity index (χ1) is 16.8. The molecule has 4 rings (SSSR count). The average Bonchev–Trinajstić information content (AvgIpc) is 2.88. The summed E-state index contributed by atoms with van der Waals surface area (Å²) < 4.78 is 43.8. The quantitative estimate of drug-likeness (QED) is 0.598. The molecule has 2 aliphatic heterocycles. The van der Waals surface area contributed by atoms with Gasteiger partial charge in [0.25, 0.3) is 0 Å². The van der Waals surface area contributed by atoms with E-state index in [1.807, 2.05) is 30.3 Å². The Morgan fingerprint density at radius 1 is 0.943 bits per heavy atom. The molecule has 0 radical (unpaired) electrons. The maximum absolute atomic E-state index is 12.8. The van der Waals surface area contributed by atoms with Gasteiger partial charge in [0, 0.05) is 19.6 Å². The van der Waals surface area contributed by atoms with Crippen LogP contribution in [0.25, 0.3) is 0 Å². The molecule has 0 saturated carbocycles. The molecule has 8 heteroatoms. The number of rotatable bonds is 6. The molecule has 1 unspecified atom stereocenters. The van der Waals surface area contributed by atoms with Gasteiger partial charge in [-0.1, -0.05) is 42.5 Å². The average molecular weight is 491 g/mol. The van der Waals surface area contributed by atoms with Gasteiger partial charge in [-0.3, -0.25) is 0 Å². The van der Waals surface area contributed by atoms with E-state index in [1.54, 1.807) is 17.0 Å². The number of carbonyl (C=O) groups is 1. The normalized spacial score (nSPS) is 19.5. The lowest BCUT2D eigenvalue weighted by atomic mass is 9.87. The number of likely N-dealkylation sites (tertiary alicyclic amines) is 2. The van der Waals surface area contributed by atoms with E-state index in [-0.39, 0.29) is 24.5 Å². The molecule has 2 saturated heterocycles. The first-order valence-electron chi connectivity index (χ1n) is 12.3. The van der Waals surface area contributed by atoms with Crippen molar-refractivity contribution in [3.05, 3.63) is 71.3 Å². The molecule has 2 aromatic carbocycles. The summed E-state index contributed by atoms with van der Waals surface area (Å²) in [6, 6.07) is 15.1. The second kappa shape index (κ2) is 11.4. The van der Waals surface area contributed by atoms with E-state index in [4.69, 9.17) is 4.74 Å². The van der Waals surface area contributed by atoms with Crippen molar-refractivity contribution in [2.24, 2.45) is 5.92 Å². The number of aliphatic hydroxyl groups excluding tert-OH is 1. The zero-order valence-corrected chi connectivity index (χ0v) is 19.8. The van der Waals surface area contributed by atoms with E-state index < -0.39 is 17.8 Å². The molecule has 35 heavy (non-hydrogen) atoms. The van der Waals surface area contributed by atoms with Crippen LogP contribution in [0.5, 0.6) is 0 Å². The Morgan fingerprint density at radius 2 is 1.57 bits per heavy atom. The largest absolute Gasteiger partial charge is 0.445 e. The first-order valence-corrected chi connectivity index (χ1v) is 12.3. The molecule has 2 aliphatic rings. The van der Waals surface area contributed by atoms with Gasteiger partial charge in [0.15, 0.2) is 0 Å². The third-order valence-corrected chi connectivity index (χ3v) is 7.29. The number of aliphatic hydroxyl groups is 1. The SMILES string of the molecule is O=C(OCc1ccccc1)N1CCC(C(O)CN2CCC(c3ccc(C(F)(F)F)cc3)CC2)CC1. The van der Waals surface area contributed by atoms with Crippen molar-refractivity contribution in [1.82, 2.24) is 9.80 Å². The number of alkyl halides is 3. The van der Waals surface area contributed by atoms with Gasteiger partial charge in [-0.05, 0) is 73.9 Å². The molecule has 0 spiro atoms. The molecule has 190 valence electrons. The zero-order chi connectivity index (χ0) is 24.8. The van der Waals surface area contributed by atoms with Crippen molar-refractivity contribution in [1.29, 1.82) is 0 Å². The fourth-order valence-corrected chi connectivity index (χ4v) is 5.08. The fraction of sp³-hybridized carbons (Fsp3) is 0.519.